The molecule has 1 saturated heterocycles. The molecular weight excluding hydrogens is 250 g/mol. The number of fused-ring (bicyclic) bond motifs is 1. The van der Waals surface area contributed by atoms with Crippen LogP contribution in [-0.4, -0.2) is 24.7 Å². The van der Waals surface area contributed by atoms with Crippen LogP contribution in [0.3, 0.4) is 0 Å². The third-order valence-electron chi connectivity index (χ3n) is 3.96. The molecule has 2 heterocycles. The summed E-state index contributed by atoms with van der Waals surface area (Å²) in [7, 11) is 0. The Bertz CT molecular complexity index is 579. The minimum Gasteiger partial charge on any atom is -0.493 e. The third kappa shape index (κ3) is 3.02. The van der Waals surface area contributed by atoms with E-state index in [2.05, 4.69) is 10.3 Å². The molecule has 0 saturated carbocycles. The average Bonchev–Trinajstić information content (AvgIpc) is 2.48. The first-order valence-electron chi connectivity index (χ1n) is 7.31. The van der Waals surface area contributed by atoms with Gasteiger partial charge in [-0.15, -0.1) is 0 Å². The van der Waals surface area contributed by atoms with Crippen molar-refractivity contribution >= 4 is 16.6 Å². The van der Waals surface area contributed by atoms with Gasteiger partial charge in [-0.25, -0.2) is 0 Å². The zero-order valence-corrected chi connectivity index (χ0v) is 11.6. The first-order chi connectivity index (χ1) is 9.83. The predicted molar refractivity (Wildman–Crippen MR) is 81.9 cm³/mol. The molecule has 0 bridgehead atoms. The molecule has 1 aromatic heterocycles. The highest BCUT2D eigenvalue weighted by molar-refractivity contribution is 5.90. The molecule has 3 rings (SSSR count). The van der Waals surface area contributed by atoms with Crippen molar-refractivity contribution in [2.45, 2.75) is 19.3 Å². The van der Waals surface area contributed by atoms with Crippen LogP contribution in [0, 0.1) is 5.92 Å². The Morgan fingerprint density at radius 1 is 1.30 bits per heavy atom. The molecule has 0 radical (unpaired) electrons. The van der Waals surface area contributed by atoms with Gasteiger partial charge in [0.05, 0.1) is 17.8 Å². The van der Waals surface area contributed by atoms with E-state index in [1.54, 1.807) is 6.20 Å². The van der Waals surface area contributed by atoms with Gasteiger partial charge >= 0.3 is 0 Å². The fourth-order valence-corrected chi connectivity index (χ4v) is 2.79. The first kappa shape index (κ1) is 13.2. The maximum atomic E-state index is 6.02. The van der Waals surface area contributed by atoms with Crippen LogP contribution >= 0.6 is 0 Å². The van der Waals surface area contributed by atoms with Crippen LogP contribution in [0.4, 0.5) is 5.69 Å². The Balaban J connectivity index is 1.62. The second-order valence-electron chi connectivity index (χ2n) is 5.42. The molecule has 4 heteroatoms. The number of hydrogen-bond acceptors (Lipinski definition) is 4. The van der Waals surface area contributed by atoms with Crippen LogP contribution in [0.15, 0.2) is 30.5 Å². The Labute approximate surface area is 119 Å². The number of nitrogens with one attached hydrogen (secondary N) is 1. The first-order valence-corrected chi connectivity index (χ1v) is 7.31. The number of aromatic nitrogens is 1. The molecule has 2 aromatic rings. The second kappa shape index (κ2) is 6.09. The van der Waals surface area contributed by atoms with Crippen molar-refractivity contribution in [3.05, 3.63) is 30.5 Å². The predicted octanol–water partition coefficient (Wildman–Crippen LogP) is 2.59. The zero-order chi connectivity index (χ0) is 13.8. The van der Waals surface area contributed by atoms with Gasteiger partial charge in [-0.1, -0.05) is 6.07 Å². The maximum Gasteiger partial charge on any atom is 0.122 e. The number of nitrogens with zero attached hydrogens (tertiary/aromatic N) is 1. The number of piperidine rings is 1. The lowest BCUT2D eigenvalue weighted by Crippen LogP contribution is -2.28. The summed E-state index contributed by atoms with van der Waals surface area (Å²) < 4.78 is 5.87. The number of hydrogen-bond donors (Lipinski definition) is 2. The average molecular weight is 271 g/mol. The van der Waals surface area contributed by atoms with Crippen molar-refractivity contribution in [2.75, 3.05) is 25.4 Å². The summed E-state index contributed by atoms with van der Waals surface area (Å²) >= 11 is 0. The molecule has 106 valence electrons. The van der Waals surface area contributed by atoms with E-state index in [9.17, 15) is 0 Å². The minimum atomic E-state index is 0.681. The van der Waals surface area contributed by atoms with Crippen LogP contribution in [0.2, 0.25) is 0 Å². The van der Waals surface area contributed by atoms with Gasteiger partial charge in [0, 0.05) is 17.6 Å². The smallest absolute Gasteiger partial charge is 0.122 e. The molecule has 0 atom stereocenters. The van der Waals surface area contributed by atoms with E-state index in [-0.39, 0.29) is 0 Å². The van der Waals surface area contributed by atoms with Crippen LogP contribution < -0.4 is 15.8 Å². The summed E-state index contributed by atoms with van der Waals surface area (Å²) in [5.41, 5.74) is 7.55. The van der Waals surface area contributed by atoms with Crippen molar-refractivity contribution in [1.82, 2.24) is 10.3 Å². The highest BCUT2D eigenvalue weighted by Crippen LogP contribution is 2.26. The van der Waals surface area contributed by atoms with Crippen LogP contribution in [0.1, 0.15) is 19.3 Å². The summed E-state index contributed by atoms with van der Waals surface area (Å²) in [6.07, 6.45) is 5.39. The lowest BCUT2D eigenvalue weighted by Gasteiger charge is -2.22. The summed E-state index contributed by atoms with van der Waals surface area (Å²) in [5, 5.41) is 4.42. The Morgan fingerprint density at radius 3 is 3.00 bits per heavy atom. The monoisotopic (exact) mass is 271 g/mol. The number of ether oxygens (including phenoxy) is 1. The molecule has 20 heavy (non-hydrogen) atoms. The van der Waals surface area contributed by atoms with Gasteiger partial charge in [-0.3, -0.25) is 4.98 Å². The number of rotatable bonds is 4. The number of nitrogen functional groups attached to an aromatic ring is 1. The Hall–Kier alpha value is -1.81. The topological polar surface area (TPSA) is 60.2 Å². The van der Waals surface area contributed by atoms with Crippen LogP contribution in [-0.2, 0) is 0 Å². The van der Waals surface area contributed by atoms with Crippen molar-refractivity contribution in [2.24, 2.45) is 5.92 Å². The molecule has 0 amide bonds. The van der Waals surface area contributed by atoms with Crippen molar-refractivity contribution in [1.29, 1.82) is 0 Å². The molecule has 1 aromatic carbocycles. The molecule has 0 aliphatic carbocycles. The van der Waals surface area contributed by atoms with Gasteiger partial charge in [0.25, 0.3) is 0 Å². The molecule has 3 N–H and O–H groups in total. The fourth-order valence-electron chi connectivity index (χ4n) is 2.79. The Kier molecular flexibility index (Phi) is 4.02. The molecule has 1 aliphatic heterocycles. The van der Waals surface area contributed by atoms with Crippen molar-refractivity contribution < 1.29 is 4.74 Å². The summed E-state index contributed by atoms with van der Waals surface area (Å²) in [4.78, 5) is 4.29. The molecule has 0 spiro atoms. The summed E-state index contributed by atoms with van der Waals surface area (Å²) in [6.45, 7) is 3.04. The van der Waals surface area contributed by atoms with Gasteiger partial charge in [0.2, 0.25) is 0 Å². The normalized spacial score (nSPS) is 16.4. The van der Waals surface area contributed by atoms with E-state index in [0.29, 0.717) is 5.69 Å². The zero-order valence-electron chi connectivity index (χ0n) is 11.6. The highest BCUT2D eigenvalue weighted by Gasteiger charge is 2.12. The molecule has 4 nitrogen and oxygen atoms in total. The van der Waals surface area contributed by atoms with Crippen molar-refractivity contribution in [3.8, 4) is 5.75 Å². The molecule has 1 aliphatic rings. The quantitative estimate of drug-likeness (QED) is 0.839. The number of anilines is 1. The minimum absolute atomic E-state index is 0.681. The van der Waals surface area contributed by atoms with E-state index in [4.69, 9.17) is 10.5 Å². The highest BCUT2D eigenvalue weighted by atomic mass is 16.5. The largest absolute Gasteiger partial charge is 0.493 e. The fraction of sp³-hybridized carbons (Fsp3) is 0.438. The maximum absolute atomic E-state index is 6.02. The molecular formula is C16H21N3O. The Morgan fingerprint density at radius 2 is 2.15 bits per heavy atom. The molecule has 0 unspecified atom stereocenters. The second-order valence-corrected chi connectivity index (χ2v) is 5.42. The van der Waals surface area contributed by atoms with Gasteiger partial charge in [-0.2, -0.15) is 0 Å². The summed E-state index contributed by atoms with van der Waals surface area (Å²) in [5.74, 6) is 1.63. The van der Waals surface area contributed by atoms with E-state index >= 15 is 0 Å². The number of pyridine rings is 1. The van der Waals surface area contributed by atoms with E-state index in [1.165, 1.54) is 12.8 Å². The van der Waals surface area contributed by atoms with E-state index in [0.717, 1.165) is 48.7 Å². The standard InChI is InChI=1S/C16H21N3O/c17-15-11-14(10-13-2-1-6-19-16(13)15)20-9-5-12-3-7-18-8-4-12/h1-2,6,10-12,18H,3-5,7-9,17H2. The van der Waals surface area contributed by atoms with E-state index < -0.39 is 0 Å². The number of nitrogens with two attached hydrogens (primary N) is 1. The van der Waals surface area contributed by atoms with Crippen LogP contribution in [0.5, 0.6) is 5.75 Å². The lowest BCUT2D eigenvalue weighted by molar-refractivity contribution is 0.252. The lowest BCUT2D eigenvalue weighted by atomic mass is 9.95. The van der Waals surface area contributed by atoms with E-state index in [1.807, 2.05) is 24.3 Å². The number of benzene rings is 1. The molecule has 1 fully saturated rings. The van der Waals surface area contributed by atoms with Gasteiger partial charge in [-0.05, 0) is 50.4 Å². The van der Waals surface area contributed by atoms with Gasteiger partial charge in [0.15, 0.2) is 0 Å². The van der Waals surface area contributed by atoms with Crippen molar-refractivity contribution in [3.63, 3.8) is 0 Å². The van der Waals surface area contributed by atoms with Crippen LogP contribution in [0.25, 0.3) is 10.9 Å². The van der Waals surface area contributed by atoms with Gasteiger partial charge < -0.3 is 15.8 Å². The third-order valence-corrected chi connectivity index (χ3v) is 3.96. The SMILES string of the molecule is Nc1cc(OCCC2CCNCC2)cc2cccnc12. The van der Waals surface area contributed by atoms with Gasteiger partial charge in [0.1, 0.15) is 5.75 Å². The summed E-state index contributed by atoms with van der Waals surface area (Å²) in [6, 6.07) is 7.82.